The molecule has 84 valence electrons. The molecule has 3 heteroatoms. The van der Waals surface area contributed by atoms with E-state index >= 15 is 0 Å². The Morgan fingerprint density at radius 1 is 1.50 bits per heavy atom. The molecule has 0 radical (unpaired) electrons. The van der Waals surface area contributed by atoms with Gasteiger partial charge in [0.15, 0.2) is 0 Å². The fourth-order valence-corrected chi connectivity index (χ4v) is 1.32. The summed E-state index contributed by atoms with van der Waals surface area (Å²) in [6, 6.07) is 7.58. The topological polar surface area (TPSA) is 41.1 Å². The first-order chi connectivity index (χ1) is 7.76. The van der Waals surface area contributed by atoms with Crippen molar-refractivity contribution in [2.75, 3.05) is 18.4 Å². The van der Waals surface area contributed by atoms with E-state index in [2.05, 4.69) is 16.6 Å². The average molecular weight is 216 g/mol. The quantitative estimate of drug-likeness (QED) is 0.734. The molecule has 0 aromatic heterocycles. The molecule has 0 atom stereocenters. The monoisotopic (exact) mass is 216 g/mol. The summed E-state index contributed by atoms with van der Waals surface area (Å²) in [6.07, 6.45) is 5.76. The van der Waals surface area contributed by atoms with Crippen molar-refractivity contribution >= 4 is 11.6 Å². The zero-order chi connectivity index (χ0) is 11.8. The van der Waals surface area contributed by atoms with E-state index < -0.39 is 0 Å². The van der Waals surface area contributed by atoms with Crippen molar-refractivity contribution in [2.45, 2.75) is 13.3 Å². The minimum Gasteiger partial charge on any atom is -0.384 e. The van der Waals surface area contributed by atoms with Gasteiger partial charge in [0, 0.05) is 30.8 Å². The number of carbonyl (C=O) groups is 1. The predicted molar refractivity (Wildman–Crippen MR) is 66.2 cm³/mol. The number of nitrogens with one attached hydrogen (secondary N) is 2. The second kappa shape index (κ2) is 6.52. The van der Waals surface area contributed by atoms with Gasteiger partial charge in [0.2, 0.25) is 5.91 Å². The van der Waals surface area contributed by atoms with Crippen LogP contribution >= 0.6 is 0 Å². The van der Waals surface area contributed by atoms with Crippen LogP contribution in [0.5, 0.6) is 0 Å². The Labute approximate surface area is 96.2 Å². The Hall–Kier alpha value is -1.95. The molecular formula is C13H16N2O. The summed E-state index contributed by atoms with van der Waals surface area (Å²) >= 11 is 0. The van der Waals surface area contributed by atoms with Gasteiger partial charge in [-0.2, -0.15) is 0 Å². The minimum absolute atomic E-state index is 0.0584. The molecule has 0 aliphatic heterocycles. The molecule has 1 amide bonds. The number of rotatable bonds is 5. The van der Waals surface area contributed by atoms with Crippen LogP contribution in [0.4, 0.5) is 5.69 Å². The SMILES string of the molecule is C#Cc1cccc(NCCC(=O)NCC)c1. The third-order valence-electron chi connectivity index (χ3n) is 2.08. The third kappa shape index (κ3) is 4.05. The van der Waals surface area contributed by atoms with E-state index in [9.17, 15) is 4.79 Å². The molecule has 1 rings (SSSR count). The first kappa shape index (κ1) is 12.1. The predicted octanol–water partition coefficient (Wildman–Crippen LogP) is 1.61. The van der Waals surface area contributed by atoms with Crippen LogP contribution in [0.3, 0.4) is 0 Å². The lowest BCUT2D eigenvalue weighted by atomic mass is 10.2. The Balaban J connectivity index is 2.37. The normalized spacial score (nSPS) is 9.25. The van der Waals surface area contributed by atoms with Gasteiger partial charge in [-0.3, -0.25) is 4.79 Å². The van der Waals surface area contributed by atoms with Crippen LogP contribution in [0.25, 0.3) is 0 Å². The largest absolute Gasteiger partial charge is 0.384 e. The summed E-state index contributed by atoms with van der Waals surface area (Å²) in [5, 5.41) is 5.90. The summed E-state index contributed by atoms with van der Waals surface area (Å²) in [4.78, 5) is 11.2. The van der Waals surface area contributed by atoms with Crippen LogP contribution in [0.1, 0.15) is 18.9 Å². The van der Waals surface area contributed by atoms with Crippen LogP contribution in [0, 0.1) is 12.3 Å². The van der Waals surface area contributed by atoms with Gasteiger partial charge in [-0.15, -0.1) is 6.42 Å². The second-order valence-electron chi connectivity index (χ2n) is 3.36. The maximum atomic E-state index is 11.2. The lowest BCUT2D eigenvalue weighted by Gasteiger charge is -2.06. The van der Waals surface area contributed by atoms with Crippen LogP contribution < -0.4 is 10.6 Å². The molecule has 3 nitrogen and oxygen atoms in total. The van der Waals surface area contributed by atoms with E-state index in [-0.39, 0.29) is 5.91 Å². The highest BCUT2D eigenvalue weighted by molar-refractivity contribution is 5.76. The molecule has 1 aromatic carbocycles. The molecule has 0 spiro atoms. The molecule has 16 heavy (non-hydrogen) atoms. The highest BCUT2D eigenvalue weighted by Crippen LogP contribution is 2.09. The summed E-state index contributed by atoms with van der Waals surface area (Å²) in [6.45, 7) is 3.19. The van der Waals surface area contributed by atoms with Crippen molar-refractivity contribution < 1.29 is 4.79 Å². The van der Waals surface area contributed by atoms with Crippen LogP contribution in [0.2, 0.25) is 0 Å². The van der Waals surface area contributed by atoms with Crippen molar-refractivity contribution in [1.29, 1.82) is 0 Å². The molecule has 0 heterocycles. The highest BCUT2D eigenvalue weighted by Gasteiger charge is 1.98. The molecular weight excluding hydrogens is 200 g/mol. The molecule has 0 saturated carbocycles. The Morgan fingerprint density at radius 2 is 2.31 bits per heavy atom. The lowest BCUT2D eigenvalue weighted by molar-refractivity contribution is -0.120. The van der Waals surface area contributed by atoms with E-state index in [1.807, 2.05) is 31.2 Å². The summed E-state index contributed by atoms with van der Waals surface area (Å²) in [5.74, 6) is 2.63. The van der Waals surface area contributed by atoms with E-state index in [1.54, 1.807) is 0 Å². The average Bonchev–Trinajstić information content (AvgIpc) is 2.30. The number of anilines is 1. The molecule has 0 unspecified atom stereocenters. The molecule has 0 aliphatic rings. The Kier molecular flexibility index (Phi) is 4.94. The van der Waals surface area contributed by atoms with Gasteiger partial charge in [0.05, 0.1) is 0 Å². The van der Waals surface area contributed by atoms with Crippen molar-refractivity contribution in [3.63, 3.8) is 0 Å². The number of benzene rings is 1. The van der Waals surface area contributed by atoms with Gasteiger partial charge in [-0.1, -0.05) is 12.0 Å². The fraction of sp³-hybridized carbons (Fsp3) is 0.308. The van der Waals surface area contributed by atoms with Gasteiger partial charge in [0.1, 0.15) is 0 Å². The van der Waals surface area contributed by atoms with Gasteiger partial charge < -0.3 is 10.6 Å². The smallest absolute Gasteiger partial charge is 0.221 e. The van der Waals surface area contributed by atoms with Crippen molar-refractivity contribution in [1.82, 2.24) is 5.32 Å². The van der Waals surface area contributed by atoms with E-state index in [0.717, 1.165) is 11.3 Å². The number of terminal acetylenes is 1. The first-order valence-electron chi connectivity index (χ1n) is 5.33. The highest BCUT2D eigenvalue weighted by atomic mass is 16.1. The Morgan fingerprint density at radius 3 is 3.00 bits per heavy atom. The summed E-state index contributed by atoms with van der Waals surface area (Å²) < 4.78 is 0. The van der Waals surface area contributed by atoms with E-state index in [1.165, 1.54) is 0 Å². The molecule has 0 fully saturated rings. The van der Waals surface area contributed by atoms with Gasteiger partial charge in [-0.05, 0) is 25.1 Å². The zero-order valence-electron chi connectivity index (χ0n) is 9.42. The molecule has 2 N–H and O–H groups in total. The minimum atomic E-state index is 0.0584. The van der Waals surface area contributed by atoms with Crippen LogP contribution in [-0.2, 0) is 4.79 Å². The van der Waals surface area contributed by atoms with Gasteiger partial charge in [0.25, 0.3) is 0 Å². The maximum Gasteiger partial charge on any atom is 0.221 e. The molecule has 0 bridgehead atoms. The molecule has 1 aromatic rings. The van der Waals surface area contributed by atoms with Crippen LogP contribution in [-0.4, -0.2) is 19.0 Å². The van der Waals surface area contributed by atoms with E-state index in [0.29, 0.717) is 19.5 Å². The van der Waals surface area contributed by atoms with Gasteiger partial charge >= 0.3 is 0 Å². The fourth-order valence-electron chi connectivity index (χ4n) is 1.32. The van der Waals surface area contributed by atoms with Crippen molar-refractivity contribution in [2.24, 2.45) is 0 Å². The van der Waals surface area contributed by atoms with Gasteiger partial charge in [-0.25, -0.2) is 0 Å². The van der Waals surface area contributed by atoms with Crippen LogP contribution in [0.15, 0.2) is 24.3 Å². The summed E-state index contributed by atoms with van der Waals surface area (Å²) in [5.41, 5.74) is 1.78. The lowest BCUT2D eigenvalue weighted by Crippen LogP contribution is -2.24. The first-order valence-corrected chi connectivity index (χ1v) is 5.33. The van der Waals surface area contributed by atoms with Crippen molar-refractivity contribution in [3.8, 4) is 12.3 Å². The number of hydrogen-bond donors (Lipinski definition) is 2. The summed E-state index contributed by atoms with van der Waals surface area (Å²) in [7, 11) is 0. The standard InChI is InChI=1S/C13H16N2O/c1-3-11-6-5-7-12(10-11)15-9-8-13(16)14-4-2/h1,5-7,10,15H,4,8-9H2,2H3,(H,14,16). The third-order valence-corrected chi connectivity index (χ3v) is 2.08. The molecule has 0 saturated heterocycles. The second-order valence-corrected chi connectivity index (χ2v) is 3.36. The number of hydrogen-bond acceptors (Lipinski definition) is 2. The zero-order valence-corrected chi connectivity index (χ0v) is 9.42. The maximum absolute atomic E-state index is 11.2. The molecule has 0 aliphatic carbocycles. The van der Waals surface area contributed by atoms with E-state index in [4.69, 9.17) is 6.42 Å². The van der Waals surface area contributed by atoms with Crippen molar-refractivity contribution in [3.05, 3.63) is 29.8 Å². The Bertz CT molecular complexity index is 393. The number of carbonyl (C=O) groups excluding carboxylic acids is 1. The number of amides is 1.